The van der Waals surface area contributed by atoms with Crippen LogP contribution in [0.3, 0.4) is 0 Å². The van der Waals surface area contributed by atoms with Crippen LogP contribution in [-0.2, 0) is 4.79 Å². The zero-order valence-corrected chi connectivity index (χ0v) is 13.3. The van der Waals surface area contributed by atoms with E-state index in [0.717, 1.165) is 38.4 Å². The highest BCUT2D eigenvalue weighted by molar-refractivity contribution is 5.94. The molecule has 1 aromatic heterocycles. The minimum Gasteiger partial charge on any atom is -0.356 e. The van der Waals surface area contributed by atoms with Gasteiger partial charge in [-0.25, -0.2) is 0 Å². The molecule has 0 aromatic carbocycles. The Hall–Kier alpha value is -1.91. The van der Waals surface area contributed by atoms with Gasteiger partial charge in [-0.1, -0.05) is 0 Å². The molecule has 5 nitrogen and oxygen atoms in total. The first kappa shape index (κ1) is 14.7. The quantitative estimate of drug-likeness (QED) is 0.920. The van der Waals surface area contributed by atoms with Crippen LogP contribution in [0, 0.1) is 23.7 Å². The van der Waals surface area contributed by atoms with Crippen LogP contribution in [0.25, 0.3) is 0 Å². The number of hydrogen-bond acceptors (Lipinski definition) is 3. The molecule has 3 fully saturated rings. The molecule has 1 unspecified atom stereocenters. The molecule has 2 saturated carbocycles. The second kappa shape index (κ2) is 5.95. The van der Waals surface area contributed by atoms with Crippen LogP contribution in [0.4, 0.5) is 0 Å². The summed E-state index contributed by atoms with van der Waals surface area (Å²) in [7, 11) is 0. The monoisotopic (exact) mass is 313 g/mol. The van der Waals surface area contributed by atoms with Crippen LogP contribution < -0.4 is 5.32 Å². The van der Waals surface area contributed by atoms with E-state index in [1.54, 1.807) is 18.5 Å². The molecule has 1 aromatic rings. The molecule has 0 radical (unpaired) electrons. The van der Waals surface area contributed by atoms with Gasteiger partial charge < -0.3 is 10.2 Å². The lowest BCUT2D eigenvalue weighted by molar-refractivity contribution is -0.125. The van der Waals surface area contributed by atoms with Crippen molar-refractivity contribution >= 4 is 11.8 Å². The number of carbonyl (C=O) groups is 2. The number of carbonyl (C=O) groups excluding carboxylic acids is 2. The van der Waals surface area contributed by atoms with Gasteiger partial charge in [0.2, 0.25) is 5.91 Å². The maximum Gasteiger partial charge on any atom is 0.255 e. The standard InChI is InChI=1S/C18H23N3O2/c22-17(20-8-12-3-4-12)14-6-15-10-21(11-16(15)7-14)18(23)13-2-1-5-19-9-13/h1-2,5,9,12,14-16H,3-4,6-8,10-11H2,(H,20,22)/t14?,15-,16+. The van der Waals surface area contributed by atoms with Crippen molar-refractivity contribution in [1.29, 1.82) is 0 Å². The van der Waals surface area contributed by atoms with Gasteiger partial charge in [-0.05, 0) is 55.6 Å². The Morgan fingerprint density at radius 1 is 1.22 bits per heavy atom. The largest absolute Gasteiger partial charge is 0.356 e. The molecule has 0 bridgehead atoms. The summed E-state index contributed by atoms with van der Waals surface area (Å²) in [6, 6.07) is 3.61. The van der Waals surface area contributed by atoms with Crippen LogP contribution in [0.1, 0.15) is 36.0 Å². The fraction of sp³-hybridized carbons (Fsp3) is 0.611. The Bertz CT molecular complexity index is 586. The minimum atomic E-state index is 0.0715. The Kier molecular flexibility index (Phi) is 3.79. The Balaban J connectivity index is 1.31. The predicted octanol–water partition coefficient (Wildman–Crippen LogP) is 1.71. The number of likely N-dealkylation sites (tertiary alicyclic amines) is 1. The summed E-state index contributed by atoms with van der Waals surface area (Å²) in [5, 5.41) is 3.11. The van der Waals surface area contributed by atoms with Crippen LogP contribution in [-0.4, -0.2) is 41.3 Å². The van der Waals surface area contributed by atoms with E-state index in [2.05, 4.69) is 10.3 Å². The first-order valence-electron chi connectivity index (χ1n) is 8.67. The van der Waals surface area contributed by atoms with Crippen molar-refractivity contribution in [2.45, 2.75) is 25.7 Å². The van der Waals surface area contributed by atoms with Crippen LogP contribution in [0.2, 0.25) is 0 Å². The average Bonchev–Trinajstić information content (AvgIpc) is 3.19. The van der Waals surface area contributed by atoms with Gasteiger partial charge in [0.25, 0.3) is 5.91 Å². The maximum absolute atomic E-state index is 12.5. The van der Waals surface area contributed by atoms with E-state index in [1.807, 2.05) is 11.0 Å². The first-order valence-corrected chi connectivity index (χ1v) is 8.67. The number of amides is 2. The van der Waals surface area contributed by atoms with Gasteiger partial charge in [0, 0.05) is 37.9 Å². The zero-order valence-electron chi connectivity index (χ0n) is 13.3. The Labute approximate surface area is 136 Å². The van der Waals surface area contributed by atoms with Crippen LogP contribution >= 0.6 is 0 Å². The van der Waals surface area contributed by atoms with Crippen molar-refractivity contribution in [2.75, 3.05) is 19.6 Å². The third-order valence-corrected chi connectivity index (χ3v) is 5.58. The summed E-state index contributed by atoms with van der Waals surface area (Å²) in [6.45, 7) is 2.42. The highest BCUT2D eigenvalue weighted by Crippen LogP contribution is 2.42. The summed E-state index contributed by atoms with van der Waals surface area (Å²) in [5.74, 6) is 2.14. The maximum atomic E-state index is 12.5. The molecule has 5 heteroatoms. The van der Waals surface area contributed by atoms with E-state index in [-0.39, 0.29) is 17.7 Å². The van der Waals surface area contributed by atoms with Crippen molar-refractivity contribution in [2.24, 2.45) is 23.7 Å². The topological polar surface area (TPSA) is 62.3 Å². The first-order chi connectivity index (χ1) is 11.2. The van der Waals surface area contributed by atoms with E-state index < -0.39 is 0 Å². The second-order valence-corrected chi connectivity index (χ2v) is 7.33. The lowest BCUT2D eigenvalue weighted by atomic mass is 10.0. The van der Waals surface area contributed by atoms with Crippen molar-refractivity contribution in [3.05, 3.63) is 30.1 Å². The number of hydrogen-bond donors (Lipinski definition) is 1. The summed E-state index contributed by atoms with van der Waals surface area (Å²) in [6.07, 6.45) is 7.70. The van der Waals surface area contributed by atoms with E-state index >= 15 is 0 Å². The molecular weight excluding hydrogens is 290 g/mol. The number of aromatic nitrogens is 1. The fourth-order valence-electron chi connectivity index (χ4n) is 4.06. The molecule has 1 saturated heterocycles. The summed E-state index contributed by atoms with van der Waals surface area (Å²) in [5.41, 5.74) is 0.659. The number of fused-ring (bicyclic) bond motifs is 1. The molecule has 2 amide bonds. The number of rotatable bonds is 4. The number of nitrogens with zero attached hydrogens (tertiary/aromatic N) is 2. The van der Waals surface area contributed by atoms with Crippen LogP contribution in [0.15, 0.2) is 24.5 Å². The number of pyridine rings is 1. The lowest BCUT2D eigenvalue weighted by Crippen LogP contribution is -2.33. The average molecular weight is 313 g/mol. The fourth-order valence-corrected chi connectivity index (χ4v) is 4.06. The predicted molar refractivity (Wildman–Crippen MR) is 85.6 cm³/mol. The molecule has 3 atom stereocenters. The molecule has 4 rings (SSSR count). The van der Waals surface area contributed by atoms with Gasteiger partial charge in [0.15, 0.2) is 0 Å². The highest BCUT2D eigenvalue weighted by atomic mass is 16.2. The third-order valence-electron chi connectivity index (χ3n) is 5.58. The smallest absolute Gasteiger partial charge is 0.255 e. The molecular formula is C18H23N3O2. The summed E-state index contributed by atoms with van der Waals surface area (Å²) < 4.78 is 0. The molecule has 0 spiro atoms. The Morgan fingerprint density at radius 2 is 1.96 bits per heavy atom. The second-order valence-electron chi connectivity index (χ2n) is 7.33. The van der Waals surface area contributed by atoms with Crippen molar-refractivity contribution in [3.8, 4) is 0 Å². The Morgan fingerprint density at radius 3 is 2.57 bits per heavy atom. The normalized spacial score (nSPS) is 29.4. The van der Waals surface area contributed by atoms with Gasteiger partial charge >= 0.3 is 0 Å². The minimum absolute atomic E-state index is 0.0715. The van der Waals surface area contributed by atoms with Gasteiger partial charge in [0.05, 0.1) is 5.56 Å². The van der Waals surface area contributed by atoms with Crippen molar-refractivity contribution < 1.29 is 9.59 Å². The van der Waals surface area contributed by atoms with Crippen LogP contribution in [0.5, 0.6) is 0 Å². The highest BCUT2D eigenvalue weighted by Gasteiger charge is 2.44. The molecule has 1 aliphatic heterocycles. The van der Waals surface area contributed by atoms with Gasteiger partial charge in [0.1, 0.15) is 0 Å². The summed E-state index contributed by atoms with van der Waals surface area (Å²) in [4.78, 5) is 30.7. The van der Waals surface area contributed by atoms with Crippen molar-refractivity contribution in [3.63, 3.8) is 0 Å². The van der Waals surface area contributed by atoms with E-state index in [4.69, 9.17) is 0 Å². The van der Waals surface area contributed by atoms with Gasteiger partial charge in [-0.3, -0.25) is 14.6 Å². The lowest BCUT2D eigenvalue weighted by Gasteiger charge is -2.19. The van der Waals surface area contributed by atoms with Gasteiger partial charge in [-0.2, -0.15) is 0 Å². The van der Waals surface area contributed by atoms with Gasteiger partial charge in [-0.15, -0.1) is 0 Å². The molecule has 2 aliphatic carbocycles. The zero-order chi connectivity index (χ0) is 15.8. The van der Waals surface area contributed by atoms with Crippen molar-refractivity contribution in [1.82, 2.24) is 15.2 Å². The van der Waals surface area contributed by atoms with E-state index in [1.165, 1.54) is 12.8 Å². The van der Waals surface area contributed by atoms with E-state index in [0.29, 0.717) is 17.4 Å². The molecule has 23 heavy (non-hydrogen) atoms. The molecule has 2 heterocycles. The molecule has 1 N–H and O–H groups in total. The number of nitrogens with one attached hydrogen (secondary N) is 1. The molecule has 122 valence electrons. The molecule has 3 aliphatic rings. The third kappa shape index (κ3) is 3.09. The van der Waals surface area contributed by atoms with E-state index in [9.17, 15) is 9.59 Å². The SMILES string of the molecule is O=C(NCC1CC1)C1C[C@@H]2CN(C(=O)c3cccnc3)C[C@@H]2C1. The summed E-state index contributed by atoms with van der Waals surface area (Å²) >= 11 is 0.